The average Bonchev–Trinajstić information content (AvgIpc) is 2.73. The molecule has 1 N–H and O–H groups in total. The minimum atomic E-state index is 0.0606. The molecule has 0 bridgehead atoms. The number of tetrazole rings is 1. The molecule has 1 unspecified atom stereocenters. The number of aromatic nitrogens is 4. The van der Waals surface area contributed by atoms with Gasteiger partial charge in [0.25, 0.3) is 0 Å². The van der Waals surface area contributed by atoms with Gasteiger partial charge < -0.3 is 5.32 Å². The fraction of sp³-hybridized carbons (Fsp3) is 0.417. The summed E-state index contributed by atoms with van der Waals surface area (Å²) in [4.78, 5) is 1.45. The number of hydrogen-bond acceptors (Lipinski definition) is 4. The normalized spacial score (nSPS) is 12.6. The van der Waals surface area contributed by atoms with Crippen molar-refractivity contribution in [3.63, 3.8) is 0 Å². The first-order valence-electron chi connectivity index (χ1n) is 6.00. The fourth-order valence-corrected chi connectivity index (χ4v) is 2.46. The minimum Gasteiger partial charge on any atom is -0.310 e. The van der Waals surface area contributed by atoms with Crippen LogP contribution in [-0.2, 0) is 13.5 Å². The van der Waals surface area contributed by atoms with Crippen molar-refractivity contribution < 1.29 is 0 Å². The van der Waals surface area contributed by atoms with Gasteiger partial charge in [-0.25, -0.2) is 0 Å². The van der Waals surface area contributed by atoms with Crippen molar-refractivity contribution in [1.82, 2.24) is 25.5 Å². The van der Waals surface area contributed by atoms with Crippen LogP contribution in [0.25, 0.3) is 0 Å². The van der Waals surface area contributed by atoms with E-state index in [0.29, 0.717) is 22.3 Å². The monoisotopic (exact) mass is 299 g/mol. The van der Waals surface area contributed by atoms with Gasteiger partial charge in [-0.1, -0.05) is 30.1 Å². The Kier molecular flexibility index (Phi) is 4.74. The third-order valence-electron chi connectivity index (χ3n) is 2.67. The van der Waals surface area contributed by atoms with Gasteiger partial charge in [-0.3, -0.25) is 0 Å². The van der Waals surface area contributed by atoms with E-state index in [1.165, 1.54) is 4.80 Å². The molecule has 0 saturated carbocycles. The lowest BCUT2D eigenvalue weighted by Crippen LogP contribution is -2.23. The summed E-state index contributed by atoms with van der Waals surface area (Å²) < 4.78 is 0. The maximum atomic E-state index is 6.04. The van der Waals surface area contributed by atoms with Crippen LogP contribution in [0, 0.1) is 0 Å². The highest BCUT2D eigenvalue weighted by Crippen LogP contribution is 2.25. The molecule has 0 aliphatic carbocycles. The van der Waals surface area contributed by atoms with E-state index in [9.17, 15) is 0 Å². The number of benzene rings is 1. The molecule has 1 atom stereocenters. The average molecular weight is 300 g/mol. The van der Waals surface area contributed by atoms with E-state index in [2.05, 4.69) is 20.7 Å². The molecular formula is C12H15Cl2N5. The van der Waals surface area contributed by atoms with Crippen LogP contribution >= 0.6 is 23.2 Å². The number of rotatable bonds is 5. The molecule has 2 aromatic rings. The lowest BCUT2D eigenvalue weighted by molar-refractivity contribution is 0.535. The SMILES string of the molecule is CCNC(Cc1nnn(C)n1)c1cc(Cl)cc(Cl)c1. The van der Waals surface area contributed by atoms with Gasteiger partial charge in [-0.05, 0) is 35.5 Å². The van der Waals surface area contributed by atoms with Gasteiger partial charge in [0, 0.05) is 22.5 Å². The van der Waals surface area contributed by atoms with Crippen LogP contribution in [0.4, 0.5) is 0 Å². The fourth-order valence-electron chi connectivity index (χ4n) is 1.92. The van der Waals surface area contributed by atoms with Crippen molar-refractivity contribution in [2.75, 3.05) is 6.54 Å². The zero-order valence-corrected chi connectivity index (χ0v) is 12.3. The van der Waals surface area contributed by atoms with Crippen LogP contribution in [0.3, 0.4) is 0 Å². The number of nitrogens with one attached hydrogen (secondary N) is 1. The molecule has 102 valence electrons. The summed E-state index contributed by atoms with van der Waals surface area (Å²) in [6, 6.07) is 5.58. The highest BCUT2D eigenvalue weighted by atomic mass is 35.5. The van der Waals surface area contributed by atoms with Crippen LogP contribution in [0.1, 0.15) is 24.4 Å². The van der Waals surface area contributed by atoms with Crippen LogP contribution in [0.5, 0.6) is 0 Å². The van der Waals surface area contributed by atoms with Crippen molar-refractivity contribution in [1.29, 1.82) is 0 Å². The Balaban J connectivity index is 2.23. The summed E-state index contributed by atoms with van der Waals surface area (Å²) in [6.45, 7) is 2.87. The zero-order valence-electron chi connectivity index (χ0n) is 10.8. The topological polar surface area (TPSA) is 55.6 Å². The van der Waals surface area contributed by atoms with E-state index in [-0.39, 0.29) is 6.04 Å². The second-order valence-electron chi connectivity index (χ2n) is 4.21. The van der Waals surface area contributed by atoms with Crippen molar-refractivity contribution in [3.8, 4) is 0 Å². The smallest absolute Gasteiger partial charge is 0.176 e. The maximum absolute atomic E-state index is 6.04. The lowest BCUT2D eigenvalue weighted by atomic mass is 10.0. The van der Waals surface area contributed by atoms with Gasteiger partial charge in [0.15, 0.2) is 5.82 Å². The molecule has 5 nitrogen and oxygen atoms in total. The number of nitrogens with zero attached hydrogens (tertiary/aromatic N) is 4. The first-order chi connectivity index (χ1) is 9.08. The number of halogens is 2. The Morgan fingerprint density at radius 2 is 1.95 bits per heavy atom. The highest BCUT2D eigenvalue weighted by molar-refractivity contribution is 6.34. The Hall–Kier alpha value is -1.17. The Morgan fingerprint density at radius 3 is 2.47 bits per heavy atom. The van der Waals surface area contributed by atoms with Gasteiger partial charge in [-0.15, -0.1) is 10.2 Å². The second kappa shape index (κ2) is 6.32. The summed E-state index contributed by atoms with van der Waals surface area (Å²) in [6.07, 6.45) is 0.637. The molecule has 1 aromatic heterocycles. The summed E-state index contributed by atoms with van der Waals surface area (Å²) in [5.74, 6) is 0.685. The molecule has 0 radical (unpaired) electrons. The molecule has 0 aliphatic heterocycles. The lowest BCUT2D eigenvalue weighted by Gasteiger charge is -2.17. The third-order valence-corrected chi connectivity index (χ3v) is 3.11. The molecule has 0 spiro atoms. The zero-order chi connectivity index (χ0) is 13.8. The summed E-state index contributed by atoms with van der Waals surface area (Å²) in [5.41, 5.74) is 1.02. The molecule has 0 amide bonds. The molecular weight excluding hydrogens is 285 g/mol. The van der Waals surface area contributed by atoms with Gasteiger partial charge in [0.2, 0.25) is 0 Å². The van der Waals surface area contributed by atoms with E-state index >= 15 is 0 Å². The maximum Gasteiger partial charge on any atom is 0.176 e. The van der Waals surface area contributed by atoms with Gasteiger partial charge in [0.05, 0.1) is 7.05 Å². The quantitative estimate of drug-likeness (QED) is 0.921. The second-order valence-corrected chi connectivity index (χ2v) is 5.09. The number of hydrogen-bond donors (Lipinski definition) is 1. The molecule has 19 heavy (non-hydrogen) atoms. The van der Waals surface area contributed by atoms with Crippen molar-refractivity contribution in [2.24, 2.45) is 7.05 Å². The van der Waals surface area contributed by atoms with Crippen LogP contribution < -0.4 is 5.32 Å². The molecule has 1 heterocycles. The van der Waals surface area contributed by atoms with Crippen LogP contribution in [0.15, 0.2) is 18.2 Å². The number of likely N-dealkylation sites (N-methyl/N-ethyl adjacent to an activating group) is 1. The van der Waals surface area contributed by atoms with Crippen molar-refractivity contribution in [2.45, 2.75) is 19.4 Å². The van der Waals surface area contributed by atoms with E-state index in [4.69, 9.17) is 23.2 Å². The number of aryl methyl sites for hydroxylation is 1. The first-order valence-corrected chi connectivity index (χ1v) is 6.76. The van der Waals surface area contributed by atoms with E-state index in [1.807, 2.05) is 19.1 Å². The molecule has 2 rings (SSSR count). The third kappa shape index (κ3) is 3.89. The van der Waals surface area contributed by atoms with E-state index in [0.717, 1.165) is 12.1 Å². The van der Waals surface area contributed by atoms with E-state index < -0.39 is 0 Å². The Labute approximate surface area is 121 Å². The largest absolute Gasteiger partial charge is 0.310 e. The molecule has 0 saturated heterocycles. The highest BCUT2D eigenvalue weighted by Gasteiger charge is 2.15. The van der Waals surface area contributed by atoms with Crippen molar-refractivity contribution >= 4 is 23.2 Å². The molecule has 1 aromatic carbocycles. The van der Waals surface area contributed by atoms with Gasteiger partial charge >= 0.3 is 0 Å². The molecule has 7 heteroatoms. The summed E-state index contributed by atoms with van der Waals surface area (Å²) in [7, 11) is 1.75. The Morgan fingerprint density at radius 1 is 1.26 bits per heavy atom. The van der Waals surface area contributed by atoms with Gasteiger partial charge in [-0.2, -0.15) is 4.80 Å². The van der Waals surface area contributed by atoms with E-state index in [1.54, 1.807) is 13.1 Å². The summed E-state index contributed by atoms with van der Waals surface area (Å²) in [5, 5.41) is 16.7. The standard InChI is InChI=1S/C12H15Cl2N5/c1-3-15-11(7-12-16-18-19(2)17-12)8-4-9(13)6-10(14)5-8/h4-6,11,15H,3,7H2,1-2H3. The van der Waals surface area contributed by atoms with Crippen LogP contribution in [-0.4, -0.2) is 26.8 Å². The van der Waals surface area contributed by atoms with Gasteiger partial charge in [0.1, 0.15) is 0 Å². The predicted molar refractivity (Wildman–Crippen MR) is 75.4 cm³/mol. The Bertz CT molecular complexity index is 535. The molecule has 0 fully saturated rings. The predicted octanol–water partition coefficient (Wildman–Crippen LogP) is 2.41. The summed E-state index contributed by atoms with van der Waals surface area (Å²) >= 11 is 12.1. The van der Waals surface area contributed by atoms with Crippen molar-refractivity contribution in [3.05, 3.63) is 39.6 Å². The molecule has 0 aliphatic rings. The van der Waals surface area contributed by atoms with Crippen LogP contribution in [0.2, 0.25) is 10.0 Å². The minimum absolute atomic E-state index is 0.0606. The first kappa shape index (κ1) is 14.2.